The monoisotopic (exact) mass is 358 g/mol. The van der Waals surface area contributed by atoms with E-state index in [9.17, 15) is 9.90 Å². The number of rotatable bonds is 6. The van der Waals surface area contributed by atoms with Crippen molar-refractivity contribution < 1.29 is 19.4 Å². The third-order valence-corrected chi connectivity index (χ3v) is 4.77. The van der Waals surface area contributed by atoms with Crippen molar-refractivity contribution in [1.29, 1.82) is 0 Å². The highest BCUT2D eigenvalue weighted by Gasteiger charge is 2.16. The van der Waals surface area contributed by atoms with Crippen LogP contribution < -0.4 is 14.8 Å². The van der Waals surface area contributed by atoms with Crippen LogP contribution >= 0.6 is 11.3 Å². The quantitative estimate of drug-likeness (QED) is 0.708. The van der Waals surface area contributed by atoms with Gasteiger partial charge in [-0.05, 0) is 29.8 Å². The van der Waals surface area contributed by atoms with E-state index in [1.54, 1.807) is 25.3 Å². The number of aliphatic hydroxyl groups excluding tert-OH is 1. The van der Waals surface area contributed by atoms with Gasteiger partial charge in [-0.15, -0.1) is 11.3 Å². The molecule has 0 aliphatic carbocycles. The van der Waals surface area contributed by atoms with Crippen LogP contribution in [0.4, 0.5) is 0 Å². The number of hydrogen-bond donors (Lipinski definition) is 2. The second-order valence-corrected chi connectivity index (χ2v) is 6.36. The molecule has 6 nitrogen and oxygen atoms in total. The minimum Gasteiger partial charge on any atom is -0.493 e. The third kappa shape index (κ3) is 3.72. The summed E-state index contributed by atoms with van der Waals surface area (Å²) in [7, 11) is 3.08. The van der Waals surface area contributed by atoms with Gasteiger partial charge in [0.15, 0.2) is 16.5 Å². The molecule has 0 fully saturated rings. The molecule has 3 aromatic rings. The van der Waals surface area contributed by atoms with Crippen molar-refractivity contribution in [3.05, 3.63) is 53.0 Å². The number of aliphatic hydroxyl groups is 1. The molecule has 1 aromatic heterocycles. The Labute approximate surface area is 149 Å². The van der Waals surface area contributed by atoms with Gasteiger partial charge in [0.25, 0.3) is 5.91 Å². The molecule has 2 aromatic carbocycles. The smallest absolute Gasteiger partial charge is 0.280 e. The first-order valence-electron chi connectivity index (χ1n) is 7.66. The van der Waals surface area contributed by atoms with E-state index in [1.165, 1.54) is 18.4 Å². The Hall–Kier alpha value is -2.64. The summed E-state index contributed by atoms with van der Waals surface area (Å²) in [6.07, 6.45) is -0.863. The lowest BCUT2D eigenvalue weighted by atomic mass is 10.1. The van der Waals surface area contributed by atoms with Gasteiger partial charge >= 0.3 is 0 Å². The number of nitrogens with one attached hydrogen (secondary N) is 1. The van der Waals surface area contributed by atoms with Crippen molar-refractivity contribution in [2.75, 3.05) is 20.8 Å². The molecule has 25 heavy (non-hydrogen) atoms. The van der Waals surface area contributed by atoms with Gasteiger partial charge < -0.3 is 19.9 Å². The van der Waals surface area contributed by atoms with E-state index in [0.29, 0.717) is 22.1 Å². The van der Waals surface area contributed by atoms with Crippen LogP contribution in [0.5, 0.6) is 11.5 Å². The first kappa shape index (κ1) is 17.2. The van der Waals surface area contributed by atoms with Crippen LogP contribution in [0, 0.1) is 0 Å². The molecule has 3 rings (SSSR count). The zero-order valence-corrected chi connectivity index (χ0v) is 14.7. The molecule has 0 aliphatic heterocycles. The molecule has 0 spiro atoms. The lowest BCUT2D eigenvalue weighted by Gasteiger charge is -2.14. The molecule has 2 N–H and O–H groups in total. The third-order valence-electron chi connectivity index (χ3n) is 3.74. The highest BCUT2D eigenvalue weighted by atomic mass is 32.1. The Balaban J connectivity index is 1.67. The topological polar surface area (TPSA) is 80.7 Å². The maximum Gasteiger partial charge on any atom is 0.280 e. The zero-order chi connectivity index (χ0) is 17.8. The van der Waals surface area contributed by atoms with Crippen molar-refractivity contribution >= 4 is 27.5 Å². The lowest BCUT2D eigenvalue weighted by molar-refractivity contribution is 0.0916. The Morgan fingerprint density at radius 1 is 1.20 bits per heavy atom. The molecule has 1 atom stereocenters. The van der Waals surface area contributed by atoms with Crippen LogP contribution in [-0.4, -0.2) is 36.8 Å². The number of nitrogens with zero attached hydrogens (tertiary/aromatic N) is 1. The van der Waals surface area contributed by atoms with Gasteiger partial charge in [-0.2, -0.15) is 0 Å². The molecule has 130 valence electrons. The Morgan fingerprint density at radius 3 is 2.68 bits per heavy atom. The molecule has 7 heteroatoms. The maximum atomic E-state index is 12.3. The Kier molecular flexibility index (Phi) is 5.16. The predicted octanol–water partition coefficient (Wildman–Crippen LogP) is 2.78. The van der Waals surface area contributed by atoms with Gasteiger partial charge in [-0.25, -0.2) is 4.98 Å². The molecular formula is C18H18N2O4S. The molecule has 1 heterocycles. The average molecular weight is 358 g/mol. The SMILES string of the molecule is COc1ccc(C(O)CNC(=O)c2nc3ccccc3s2)cc1OC. The lowest BCUT2D eigenvalue weighted by Crippen LogP contribution is -2.28. The van der Waals surface area contributed by atoms with Gasteiger partial charge in [-0.1, -0.05) is 18.2 Å². The van der Waals surface area contributed by atoms with Crippen molar-refractivity contribution in [3.8, 4) is 11.5 Å². The van der Waals surface area contributed by atoms with Crippen LogP contribution in [-0.2, 0) is 0 Å². The van der Waals surface area contributed by atoms with Gasteiger partial charge in [0.05, 0.1) is 30.5 Å². The second kappa shape index (κ2) is 7.50. The number of ether oxygens (including phenoxy) is 2. The fraction of sp³-hybridized carbons (Fsp3) is 0.222. The molecule has 1 amide bonds. The predicted molar refractivity (Wildman–Crippen MR) is 96.5 cm³/mol. The van der Waals surface area contributed by atoms with Gasteiger partial charge in [0.1, 0.15) is 0 Å². The summed E-state index contributed by atoms with van der Waals surface area (Å²) in [4.78, 5) is 16.6. The van der Waals surface area contributed by atoms with Crippen molar-refractivity contribution in [2.45, 2.75) is 6.10 Å². The summed E-state index contributed by atoms with van der Waals surface area (Å²) < 4.78 is 11.3. The normalized spacial score (nSPS) is 12.0. The van der Waals surface area contributed by atoms with Gasteiger partial charge in [-0.3, -0.25) is 4.79 Å². The summed E-state index contributed by atoms with van der Waals surface area (Å²) in [5.41, 5.74) is 1.42. The number of thiazole rings is 1. The fourth-order valence-corrected chi connectivity index (χ4v) is 3.29. The average Bonchev–Trinajstić information content (AvgIpc) is 3.09. The highest BCUT2D eigenvalue weighted by molar-refractivity contribution is 7.20. The summed E-state index contributed by atoms with van der Waals surface area (Å²) in [5, 5.41) is 13.4. The van der Waals surface area contributed by atoms with Crippen LogP contribution in [0.15, 0.2) is 42.5 Å². The van der Waals surface area contributed by atoms with Gasteiger partial charge in [0.2, 0.25) is 0 Å². The van der Waals surface area contributed by atoms with E-state index >= 15 is 0 Å². The number of benzene rings is 2. The number of para-hydroxylation sites is 1. The number of methoxy groups -OCH3 is 2. The largest absolute Gasteiger partial charge is 0.493 e. The molecular weight excluding hydrogens is 340 g/mol. The molecule has 0 saturated heterocycles. The first-order valence-corrected chi connectivity index (χ1v) is 8.47. The summed E-state index contributed by atoms with van der Waals surface area (Å²) in [5.74, 6) is 0.800. The second-order valence-electron chi connectivity index (χ2n) is 5.33. The first-order chi connectivity index (χ1) is 12.1. The molecule has 0 radical (unpaired) electrons. The molecule has 0 saturated carbocycles. The Morgan fingerprint density at radius 2 is 1.96 bits per heavy atom. The summed E-state index contributed by atoms with van der Waals surface area (Å²) >= 11 is 1.32. The van der Waals surface area contributed by atoms with E-state index in [-0.39, 0.29) is 12.5 Å². The molecule has 0 aliphatic rings. The number of aromatic nitrogens is 1. The standard InChI is InChI=1S/C18H18N2O4S/c1-23-14-8-7-11(9-15(14)24-2)13(21)10-19-17(22)18-20-12-5-3-4-6-16(12)25-18/h3-9,13,21H,10H2,1-2H3,(H,19,22). The Bertz CT molecular complexity index is 861. The van der Waals surface area contributed by atoms with Crippen LogP contribution in [0.3, 0.4) is 0 Å². The molecule has 0 bridgehead atoms. The van der Waals surface area contributed by atoms with E-state index in [4.69, 9.17) is 9.47 Å². The van der Waals surface area contributed by atoms with E-state index in [0.717, 1.165) is 10.2 Å². The van der Waals surface area contributed by atoms with Gasteiger partial charge in [0, 0.05) is 6.54 Å². The van der Waals surface area contributed by atoms with Crippen LogP contribution in [0.1, 0.15) is 21.5 Å². The van der Waals surface area contributed by atoms with E-state index < -0.39 is 6.10 Å². The van der Waals surface area contributed by atoms with E-state index in [1.807, 2.05) is 24.3 Å². The minimum atomic E-state index is -0.863. The zero-order valence-electron chi connectivity index (χ0n) is 13.9. The number of fused-ring (bicyclic) bond motifs is 1. The number of carbonyl (C=O) groups excluding carboxylic acids is 1. The number of hydrogen-bond acceptors (Lipinski definition) is 6. The van der Waals surface area contributed by atoms with Crippen molar-refractivity contribution in [2.24, 2.45) is 0 Å². The number of amides is 1. The summed E-state index contributed by atoms with van der Waals surface area (Å²) in [6, 6.07) is 12.7. The van der Waals surface area contributed by atoms with Crippen LogP contribution in [0.2, 0.25) is 0 Å². The maximum absolute atomic E-state index is 12.3. The number of carbonyl (C=O) groups is 1. The minimum absolute atomic E-state index is 0.0737. The van der Waals surface area contributed by atoms with Crippen LogP contribution in [0.25, 0.3) is 10.2 Å². The highest BCUT2D eigenvalue weighted by Crippen LogP contribution is 2.30. The fourth-order valence-electron chi connectivity index (χ4n) is 2.41. The van der Waals surface area contributed by atoms with Crippen molar-refractivity contribution in [3.63, 3.8) is 0 Å². The van der Waals surface area contributed by atoms with E-state index in [2.05, 4.69) is 10.3 Å². The van der Waals surface area contributed by atoms with Crippen molar-refractivity contribution in [1.82, 2.24) is 10.3 Å². The summed E-state index contributed by atoms with van der Waals surface area (Å²) in [6.45, 7) is 0.0737. The molecule has 1 unspecified atom stereocenters.